The lowest BCUT2D eigenvalue weighted by molar-refractivity contribution is -0.349. The van der Waals surface area contributed by atoms with Gasteiger partial charge in [-0.3, -0.25) is 0 Å². The van der Waals surface area contributed by atoms with Crippen LogP contribution in [-0.2, 0) is 22.5 Å². The van der Waals surface area contributed by atoms with Crippen molar-refractivity contribution in [3.05, 3.63) is 35.4 Å². The van der Waals surface area contributed by atoms with Crippen LogP contribution in [0.15, 0.2) is 24.3 Å². The van der Waals surface area contributed by atoms with Crippen LogP contribution >= 0.6 is 0 Å². The number of aliphatic hydroxyl groups is 3. The largest absolute Gasteiger partial charge is 0.396 e. The van der Waals surface area contributed by atoms with Gasteiger partial charge in [-0.05, 0) is 17.5 Å². The summed E-state index contributed by atoms with van der Waals surface area (Å²) in [7, 11) is 0. The van der Waals surface area contributed by atoms with Crippen LogP contribution in [0, 0.1) is 0 Å². The fraction of sp³-hybridized carbons (Fsp3) is 0.600. The molecule has 110 valence electrons. The summed E-state index contributed by atoms with van der Waals surface area (Å²) in [6.45, 7) is 0.339. The zero-order valence-corrected chi connectivity index (χ0v) is 11.2. The summed E-state index contributed by atoms with van der Waals surface area (Å²) in [5, 5.41) is 29.4. The monoisotopic (exact) mass is 280 g/mol. The first-order chi connectivity index (χ1) is 9.64. The number of hydrogen-bond acceptors (Lipinski definition) is 5. The summed E-state index contributed by atoms with van der Waals surface area (Å²) in [4.78, 5) is 0. The Morgan fingerprint density at radius 2 is 1.95 bits per heavy atom. The summed E-state index contributed by atoms with van der Waals surface area (Å²) in [5.74, 6) is -1.20. The van der Waals surface area contributed by atoms with Crippen LogP contribution in [0.1, 0.15) is 24.0 Å². The molecule has 3 rings (SSSR count). The minimum absolute atomic E-state index is 0.0137. The molecule has 0 unspecified atom stereocenters. The molecule has 5 heteroatoms. The maximum absolute atomic E-state index is 10.3. The van der Waals surface area contributed by atoms with Gasteiger partial charge in [0.1, 0.15) is 6.10 Å². The second kappa shape index (κ2) is 5.42. The van der Waals surface area contributed by atoms with E-state index in [2.05, 4.69) is 0 Å². The molecular weight excluding hydrogens is 260 g/mol. The molecule has 1 fully saturated rings. The fourth-order valence-corrected chi connectivity index (χ4v) is 3.06. The van der Waals surface area contributed by atoms with Gasteiger partial charge >= 0.3 is 0 Å². The van der Waals surface area contributed by atoms with Crippen molar-refractivity contribution in [1.82, 2.24) is 0 Å². The van der Waals surface area contributed by atoms with Crippen molar-refractivity contribution < 1.29 is 24.8 Å². The molecule has 4 atom stereocenters. The number of fused-ring (bicyclic) bond motifs is 1. The van der Waals surface area contributed by atoms with Crippen molar-refractivity contribution in [1.29, 1.82) is 0 Å². The zero-order valence-electron chi connectivity index (χ0n) is 11.2. The molecule has 2 aliphatic heterocycles. The van der Waals surface area contributed by atoms with Gasteiger partial charge in [-0.15, -0.1) is 0 Å². The molecule has 0 bridgehead atoms. The lowest BCUT2D eigenvalue weighted by Gasteiger charge is -2.48. The van der Waals surface area contributed by atoms with E-state index in [0.717, 1.165) is 11.1 Å². The molecule has 0 saturated carbocycles. The molecule has 1 saturated heterocycles. The summed E-state index contributed by atoms with van der Waals surface area (Å²) in [6.07, 6.45) is -1.13. The Morgan fingerprint density at radius 3 is 2.70 bits per heavy atom. The first kappa shape index (κ1) is 14.0. The molecule has 3 N–H and O–H groups in total. The van der Waals surface area contributed by atoms with Crippen LogP contribution in [0.3, 0.4) is 0 Å². The normalized spacial score (nSPS) is 36.9. The van der Waals surface area contributed by atoms with E-state index >= 15 is 0 Å². The molecule has 20 heavy (non-hydrogen) atoms. The smallest absolute Gasteiger partial charge is 0.201 e. The highest BCUT2D eigenvalue weighted by atomic mass is 16.7. The van der Waals surface area contributed by atoms with Crippen LogP contribution < -0.4 is 0 Å². The number of benzene rings is 1. The topological polar surface area (TPSA) is 79.2 Å². The van der Waals surface area contributed by atoms with Crippen LogP contribution in [0.5, 0.6) is 0 Å². The molecule has 0 amide bonds. The predicted molar refractivity (Wildman–Crippen MR) is 70.9 cm³/mol. The Balaban J connectivity index is 1.87. The third kappa shape index (κ3) is 2.36. The average molecular weight is 280 g/mol. The molecule has 1 aromatic rings. The van der Waals surface area contributed by atoms with Crippen molar-refractivity contribution in [2.75, 3.05) is 6.61 Å². The third-order valence-electron chi connectivity index (χ3n) is 4.16. The van der Waals surface area contributed by atoms with Crippen LogP contribution in [-0.4, -0.2) is 46.0 Å². The highest BCUT2D eigenvalue weighted by Gasteiger charge is 2.51. The van der Waals surface area contributed by atoms with Crippen molar-refractivity contribution >= 4 is 0 Å². The Hall–Kier alpha value is -0.980. The maximum atomic E-state index is 10.3. The quantitative estimate of drug-likeness (QED) is 0.728. The highest BCUT2D eigenvalue weighted by Crippen LogP contribution is 2.39. The van der Waals surface area contributed by atoms with Gasteiger partial charge in [-0.25, -0.2) is 0 Å². The summed E-state index contributed by atoms with van der Waals surface area (Å²) < 4.78 is 11.7. The SMILES string of the molecule is OCC[C@H]1C[C@@H](O)[C@H](O)[C@@]2(Cc3ccccc3CO2)O1. The van der Waals surface area contributed by atoms with Crippen molar-refractivity contribution in [2.24, 2.45) is 0 Å². The average Bonchev–Trinajstić information content (AvgIpc) is 2.45. The van der Waals surface area contributed by atoms with E-state index < -0.39 is 18.0 Å². The van der Waals surface area contributed by atoms with E-state index in [9.17, 15) is 10.2 Å². The second-order valence-corrected chi connectivity index (χ2v) is 5.55. The first-order valence-corrected chi connectivity index (χ1v) is 7.00. The fourth-order valence-electron chi connectivity index (χ4n) is 3.06. The van der Waals surface area contributed by atoms with Crippen molar-refractivity contribution in [3.8, 4) is 0 Å². The summed E-state index contributed by atoms with van der Waals surface area (Å²) >= 11 is 0. The Labute approximate surface area is 117 Å². The zero-order chi connectivity index (χ0) is 14.2. The van der Waals surface area contributed by atoms with Gasteiger partial charge in [-0.1, -0.05) is 24.3 Å². The number of ether oxygens (including phenoxy) is 2. The van der Waals surface area contributed by atoms with E-state index in [-0.39, 0.29) is 12.7 Å². The maximum Gasteiger partial charge on any atom is 0.201 e. The lowest BCUT2D eigenvalue weighted by atomic mass is 9.86. The molecule has 5 nitrogen and oxygen atoms in total. The number of hydrogen-bond donors (Lipinski definition) is 3. The van der Waals surface area contributed by atoms with E-state index in [1.54, 1.807) is 0 Å². The molecule has 1 aromatic carbocycles. The number of rotatable bonds is 2. The standard InChI is InChI=1S/C15H20O5/c16-6-5-12-7-13(17)14(18)15(20-12)8-10-3-1-2-4-11(10)9-19-15/h1-4,12-14,16-18H,5-9H2/t12-,13+,14-,15+/m0/s1. The molecular formula is C15H20O5. The van der Waals surface area contributed by atoms with Gasteiger partial charge in [-0.2, -0.15) is 0 Å². The van der Waals surface area contributed by atoms with Gasteiger partial charge in [0.2, 0.25) is 5.79 Å². The summed E-state index contributed by atoms with van der Waals surface area (Å²) in [6, 6.07) is 7.85. The second-order valence-electron chi connectivity index (χ2n) is 5.55. The Kier molecular flexibility index (Phi) is 3.79. The summed E-state index contributed by atoms with van der Waals surface area (Å²) in [5.41, 5.74) is 2.14. The van der Waals surface area contributed by atoms with Gasteiger partial charge in [0.25, 0.3) is 0 Å². The van der Waals surface area contributed by atoms with Gasteiger partial charge in [0.05, 0.1) is 18.8 Å². The first-order valence-electron chi connectivity index (χ1n) is 7.00. The van der Waals surface area contributed by atoms with Crippen LogP contribution in [0.25, 0.3) is 0 Å². The van der Waals surface area contributed by atoms with Gasteiger partial charge < -0.3 is 24.8 Å². The van der Waals surface area contributed by atoms with Gasteiger partial charge in [0.15, 0.2) is 0 Å². The van der Waals surface area contributed by atoms with E-state index in [4.69, 9.17) is 14.6 Å². The van der Waals surface area contributed by atoms with Crippen LogP contribution in [0.4, 0.5) is 0 Å². The molecule has 0 radical (unpaired) electrons. The molecule has 1 spiro atoms. The molecule has 0 aromatic heterocycles. The van der Waals surface area contributed by atoms with Crippen molar-refractivity contribution in [2.45, 2.75) is 50.0 Å². The molecule has 2 heterocycles. The Bertz CT molecular complexity index is 477. The third-order valence-corrected chi connectivity index (χ3v) is 4.16. The lowest BCUT2D eigenvalue weighted by Crippen LogP contribution is -2.61. The highest BCUT2D eigenvalue weighted by molar-refractivity contribution is 5.30. The van der Waals surface area contributed by atoms with E-state index in [0.29, 0.717) is 25.9 Å². The minimum Gasteiger partial charge on any atom is -0.396 e. The van der Waals surface area contributed by atoms with Gasteiger partial charge in [0, 0.05) is 19.4 Å². The molecule has 2 aliphatic rings. The minimum atomic E-state index is -1.20. The van der Waals surface area contributed by atoms with Crippen LogP contribution in [0.2, 0.25) is 0 Å². The Morgan fingerprint density at radius 1 is 1.20 bits per heavy atom. The number of aliphatic hydroxyl groups excluding tert-OH is 3. The predicted octanol–water partition coefficient (Wildman–Crippen LogP) is 0.349. The van der Waals surface area contributed by atoms with E-state index in [1.165, 1.54) is 0 Å². The molecule has 0 aliphatic carbocycles. The van der Waals surface area contributed by atoms with E-state index in [1.807, 2.05) is 24.3 Å². The van der Waals surface area contributed by atoms with Crippen molar-refractivity contribution in [3.63, 3.8) is 0 Å².